The van der Waals surface area contributed by atoms with Crippen molar-refractivity contribution in [3.05, 3.63) is 78.1 Å². The summed E-state index contributed by atoms with van der Waals surface area (Å²) in [4.78, 5) is 31.7. The molecular formula is C16H11N3O7. The lowest BCUT2D eigenvalue weighted by Crippen LogP contribution is -1.96. The molecule has 1 aliphatic carbocycles. The number of fused-ring (bicyclic) bond motifs is 3. The second kappa shape index (κ2) is 6.24. The monoisotopic (exact) mass is 357 g/mol. The zero-order valence-electron chi connectivity index (χ0n) is 13.4. The van der Waals surface area contributed by atoms with Crippen molar-refractivity contribution < 1.29 is 19.5 Å². The first-order valence-electron chi connectivity index (χ1n) is 7.43. The average Bonchev–Trinajstić information content (AvgIpc) is 2.91. The van der Waals surface area contributed by atoms with Crippen LogP contribution in [0.2, 0.25) is 0 Å². The summed E-state index contributed by atoms with van der Waals surface area (Å²) in [5, 5.41) is 33.7. The van der Waals surface area contributed by atoms with Crippen molar-refractivity contribution in [3.63, 3.8) is 0 Å². The molecule has 0 saturated heterocycles. The van der Waals surface area contributed by atoms with E-state index in [2.05, 4.69) is 0 Å². The van der Waals surface area contributed by atoms with E-state index in [0.717, 1.165) is 6.07 Å². The molecule has 2 aromatic carbocycles. The molecular weight excluding hydrogens is 346 g/mol. The van der Waals surface area contributed by atoms with Gasteiger partial charge in [0.1, 0.15) is 0 Å². The number of ether oxygens (including phenoxy) is 1. The molecule has 1 aliphatic rings. The van der Waals surface area contributed by atoms with Crippen LogP contribution in [0.25, 0.3) is 16.7 Å². The third-order valence-electron chi connectivity index (χ3n) is 3.94. The van der Waals surface area contributed by atoms with Crippen LogP contribution in [0.4, 0.5) is 17.1 Å². The van der Waals surface area contributed by atoms with Gasteiger partial charge in [0, 0.05) is 34.9 Å². The minimum Gasteiger partial charge on any atom is -0.501 e. The molecule has 0 unspecified atom stereocenters. The van der Waals surface area contributed by atoms with Crippen LogP contribution in [-0.4, -0.2) is 21.4 Å². The predicted molar refractivity (Wildman–Crippen MR) is 90.5 cm³/mol. The summed E-state index contributed by atoms with van der Waals surface area (Å²) in [6, 6.07) is 6.00. The summed E-state index contributed by atoms with van der Waals surface area (Å²) in [6.07, 6.45) is 1.31. The Morgan fingerprint density at radius 1 is 0.885 bits per heavy atom. The van der Waals surface area contributed by atoms with Crippen LogP contribution in [0.3, 0.4) is 0 Å². The Balaban J connectivity index is 2.38. The molecule has 0 aliphatic heterocycles. The van der Waals surface area contributed by atoms with Gasteiger partial charge in [-0.3, -0.25) is 30.3 Å². The number of nitrogens with zero attached hydrogens (tertiary/aromatic N) is 3. The highest BCUT2D eigenvalue weighted by Crippen LogP contribution is 2.50. The Kier molecular flexibility index (Phi) is 4.08. The van der Waals surface area contributed by atoms with E-state index in [1.54, 1.807) is 6.92 Å². The molecule has 2 aromatic rings. The number of non-ortho nitro benzene ring substituents is 2. The van der Waals surface area contributed by atoms with Crippen molar-refractivity contribution in [1.29, 1.82) is 0 Å². The van der Waals surface area contributed by atoms with E-state index in [9.17, 15) is 30.3 Å². The van der Waals surface area contributed by atoms with Gasteiger partial charge in [0.05, 0.1) is 39.3 Å². The normalized spacial score (nSPS) is 13.2. The zero-order valence-corrected chi connectivity index (χ0v) is 13.4. The van der Waals surface area contributed by atoms with E-state index < -0.39 is 26.1 Å². The van der Waals surface area contributed by atoms with Crippen LogP contribution in [-0.2, 0) is 4.74 Å². The first kappa shape index (κ1) is 17.0. The van der Waals surface area contributed by atoms with Crippen molar-refractivity contribution in [1.82, 2.24) is 0 Å². The fraction of sp³-hybridized carbons (Fsp3) is 0.125. The largest absolute Gasteiger partial charge is 0.501 e. The number of nitro groups is 3. The van der Waals surface area contributed by atoms with Crippen LogP contribution >= 0.6 is 0 Å². The Morgan fingerprint density at radius 2 is 1.54 bits per heavy atom. The SMILES string of the molecule is CCO/C=C1\c2cc([N+](=O)[O-])ccc2-c2c1cc([N+](=O)[O-])cc2[N+](=O)[O-]. The Bertz CT molecular complexity index is 998. The molecule has 0 amide bonds. The number of nitro benzene ring substituents is 3. The van der Waals surface area contributed by atoms with Gasteiger partial charge in [0.25, 0.3) is 17.1 Å². The quantitative estimate of drug-likeness (QED) is 0.384. The zero-order chi connectivity index (χ0) is 19.0. The van der Waals surface area contributed by atoms with E-state index in [0.29, 0.717) is 23.3 Å². The summed E-state index contributed by atoms with van der Waals surface area (Å²) >= 11 is 0. The summed E-state index contributed by atoms with van der Waals surface area (Å²) in [5.41, 5.74) is 0.392. The molecule has 0 spiro atoms. The first-order valence-corrected chi connectivity index (χ1v) is 7.43. The molecule has 0 radical (unpaired) electrons. The van der Waals surface area contributed by atoms with Crippen LogP contribution < -0.4 is 0 Å². The molecule has 0 atom stereocenters. The summed E-state index contributed by atoms with van der Waals surface area (Å²) in [6.45, 7) is 2.01. The first-order chi connectivity index (χ1) is 12.3. The third kappa shape index (κ3) is 2.62. The minimum absolute atomic E-state index is 0.177. The average molecular weight is 357 g/mol. The summed E-state index contributed by atoms with van der Waals surface area (Å²) < 4.78 is 5.26. The topological polar surface area (TPSA) is 139 Å². The molecule has 0 heterocycles. The van der Waals surface area contributed by atoms with E-state index in [1.165, 1.54) is 30.5 Å². The van der Waals surface area contributed by atoms with Crippen molar-refractivity contribution in [2.45, 2.75) is 6.92 Å². The second-order valence-electron chi connectivity index (χ2n) is 5.38. The highest BCUT2D eigenvalue weighted by atomic mass is 16.6. The number of rotatable bonds is 5. The number of hydrogen-bond acceptors (Lipinski definition) is 7. The lowest BCUT2D eigenvalue weighted by Gasteiger charge is -2.04. The van der Waals surface area contributed by atoms with Gasteiger partial charge in [-0.25, -0.2) is 0 Å². The summed E-state index contributed by atoms with van der Waals surface area (Å²) in [5.74, 6) is 0. The van der Waals surface area contributed by atoms with E-state index in [4.69, 9.17) is 4.74 Å². The highest BCUT2D eigenvalue weighted by Gasteiger charge is 2.35. The molecule has 132 valence electrons. The van der Waals surface area contributed by atoms with Crippen molar-refractivity contribution in [2.24, 2.45) is 0 Å². The Labute approximate surface area is 145 Å². The van der Waals surface area contributed by atoms with Crippen LogP contribution in [0.1, 0.15) is 18.1 Å². The minimum atomic E-state index is -0.725. The van der Waals surface area contributed by atoms with Crippen LogP contribution in [0, 0.1) is 30.3 Å². The number of benzene rings is 2. The fourth-order valence-corrected chi connectivity index (χ4v) is 2.88. The lowest BCUT2D eigenvalue weighted by molar-refractivity contribution is -0.393. The smallest absolute Gasteiger partial charge is 0.284 e. The molecule has 0 aromatic heterocycles. The van der Waals surface area contributed by atoms with Crippen LogP contribution in [0.15, 0.2) is 36.6 Å². The summed E-state index contributed by atoms with van der Waals surface area (Å²) in [7, 11) is 0. The highest BCUT2D eigenvalue weighted by molar-refractivity contribution is 6.05. The van der Waals surface area contributed by atoms with Crippen molar-refractivity contribution in [2.75, 3.05) is 6.61 Å². The third-order valence-corrected chi connectivity index (χ3v) is 3.94. The van der Waals surface area contributed by atoms with Crippen LogP contribution in [0.5, 0.6) is 0 Å². The molecule has 10 heteroatoms. The maximum absolute atomic E-state index is 11.5. The van der Waals surface area contributed by atoms with Gasteiger partial charge in [-0.05, 0) is 18.6 Å². The van der Waals surface area contributed by atoms with Gasteiger partial charge in [0.2, 0.25) is 0 Å². The molecule has 26 heavy (non-hydrogen) atoms. The Hall–Kier alpha value is -3.82. The molecule has 10 nitrogen and oxygen atoms in total. The fourth-order valence-electron chi connectivity index (χ4n) is 2.88. The molecule has 0 saturated carbocycles. The maximum atomic E-state index is 11.5. The Morgan fingerprint density at radius 3 is 2.12 bits per heavy atom. The van der Waals surface area contributed by atoms with E-state index in [1.807, 2.05) is 0 Å². The standard InChI is InChI=1S/C16H11N3O7/c1-2-26-8-14-12-5-9(17(20)21)3-4-11(12)16-13(14)6-10(18(22)23)7-15(16)19(24)25/h3-8H,2H2,1H3/b14-8+. The second-order valence-corrected chi connectivity index (χ2v) is 5.38. The molecule has 0 bridgehead atoms. The lowest BCUT2D eigenvalue weighted by atomic mass is 10.0. The number of hydrogen-bond donors (Lipinski definition) is 0. The molecule has 3 rings (SSSR count). The predicted octanol–water partition coefficient (Wildman–Crippen LogP) is 3.82. The van der Waals surface area contributed by atoms with Gasteiger partial charge in [-0.15, -0.1) is 0 Å². The van der Waals surface area contributed by atoms with E-state index >= 15 is 0 Å². The van der Waals surface area contributed by atoms with Crippen molar-refractivity contribution in [3.8, 4) is 11.1 Å². The van der Waals surface area contributed by atoms with Gasteiger partial charge in [0.15, 0.2) is 0 Å². The van der Waals surface area contributed by atoms with Gasteiger partial charge in [-0.1, -0.05) is 0 Å². The van der Waals surface area contributed by atoms with Gasteiger partial charge >= 0.3 is 0 Å². The van der Waals surface area contributed by atoms with Gasteiger partial charge in [-0.2, -0.15) is 0 Å². The molecule has 0 N–H and O–H groups in total. The van der Waals surface area contributed by atoms with Crippen molar-refractivity contribution >= 4 is 22.6 Å². The van der Waals surface area contributed by atoms with Gasteiger partial charge < -0.3 is 4.74 Å². The van der Waals surface area contributed by atoms with E-state index in [-0.39, 0.29) is 16.8 Å². The molecule has 0 fully saturated rings. The maximum Gasteiger partial charge on any atom is 0.284 e.